The standard InChI is InChI=1S/C24H28N2O.C21H26O3.2C20H24O2.C7H15N/c1-2-3-4-5-6-7-8-20-9-11-21(12-10-20)22-13-15-23(16-14-22)24(27)26-18-17-25-19-26;1-4-5-6-7-12-24-20-14-15(2)19(13-16(20)3)17-8-10-18(11-9-17)21(22)23;2*1-2-3-4-5-6-7-16-8-10-17(11-9-16)18-12-14-19(15-13-18)20(21)22;8-7-5-3-1-2-4-6-7/h9-19H,2-8H2,1H3;8-11,13-14H,4-7,12H2,1-3H3,(H,22,23);2*8-15H,2-7H2,1H3,(H,21,22);7H,1-6,8H2. The van der Waals surface area contributed by atoms with Gasteiger partial charge in [0.1, 0.15) is 12.1 Å². The van der Waals surface area contributed by atoms with Gasteiger partial charge in [0.05, 0.1) is 23.3 Å². The number of imidazole rings is 1. The number of carboxylic acids is 3. The molecule has 1 aliphatic carbocycles. The molecule has 0 bridgehead atoms. The largest absolute Gasteiger partial charge is 0.493 e. The van der Waals surface area contributed by atoms with Crippen LogP contribution in [0.3, 0.4) is 0 Å². The van der Waals surface area contributed by atoms with Crippen molar-refractivity contribution >= 4 is 23.8 Å². The molecule has 0 radical (unpaired) electrons. The number of aryl methyl sites for hydroxylation is 5. The highest BCUT2D eigenvalue weighted by Gasteiger charge is 2.13. The van der Waals surface area contributed by atoms with E-state index in [0.717, 1.165) is 88.1 Å². The molecule has 0 atom stereocenters. The number of benzene rings is 8. The van der Waals surface area contributed by atoms with Gasteiger partial charge >= 0.3 is 17.9 Å². The predicted molar refractivity (Wildman–Crippen MR) is 427 cm³/mol. The van der Waals surface area contributed by atoms with Crippen LogP contribution in [0.15, 0.2) is 201 Å². The van der Waals surface area contributed by atoms with E-state index in [9.17, 15) is 19.2 Å². The van der Waals surface area contributed by atoms with Gasteiger partial charge in [0.15, 0.2) is 0 Å². The van der Waals surface area contributed by atoms with Gasteiger partial charge in [-0.15, -0.1) is 0 Å². The van der Waals surface area contributed by atoms with Crippen molar-refractivity contribution in [1.82, 2.24) is 9.55 Å². The summed E-state index contributed by atoms with van der Waals surface area (Å²) in [5.74, 6) is -1.79. The summed E-state index contributed by atoms with van der Waals surface area (Å²) in [6.07, 6.45) is 42.2. The third-order valence-corrected chi connectivity index (χ3v) is 19.1. The van der Waals surface area contributed by atoms with E-state index < -0.39 is 17.9 Å². The van der Waals surface area contributed by atoms with Crippen LogP contribution in [-0.4, -0.2) is 61.3 Å². The molecule has 1 aliphatic rings. The van der Waals surface area contributed by atoms with Gasteiger partial charge < -0.3 is 25.8 Å². The van der Waals surface area contributed by atoms with Crippen molar-refractivity contribution in [3.63, 3.8) is 0 Å². The topological polar surface area (TPSA) is 182 Å². The number of carboxylic acid groups (broad SMARTS) is 3. The van der Waals surface area contributed by atoms with Crippen molar-refractivity contribution in [1.29, 1.82) is 0 Å². The normalized spacial score (nSPS) is 11.8. The third-order valence-electron chi connectivity index (χ3n) is 19.1. The average molecular weight is 1390 g/mol. The summed E-state index contributed by atoms with van der Waals surface area (Å²) in [5.41, 5.74) is 22.6. The zero-order chi connectivity index (χ0) is 73.8. The van der Waals surface area contributed by atoms with Crippen molar-refractivity contribution in [2.45, 2.75) is 234 Å². The number of ether oxygens (including phenoxy) is 1. The van der Waals surface area contributed by atoms with Crippen molar-refractivity contribution < 1.29 is 39.2 Å². The highest BCUT2D eigenvalue weighted by atomic mass is 16.5. The molecule has 0 aliphatic heterocycles. The SMILES string of the molecule is CCCCCCCCc1ccc(-c2ccc(C(=O)n3ccnc3)cc2)cc1.CCCCCCCc1ccc(-c2ccc(C(=O)O)cc2)cc1.CCCCCCCc1ccc(-c2ccc(C(=O)O)cc2)cc1.CCCCCCOc1cc(C)c(-c2ccc(C(=O)O)cc2)cc1C.NC1CCCCCC1. The molecule has 0 amide bonds. The van der Waals surface area contributed by atoms with Crippen LogP contribution in [0.25, 0.3) is 44.5 Å². The number of aromatic carboxylic acids is 3. The lowest BCUT2D eigenvalue weighted by molar-refractivity contribution is 0.0686. The molecule has 103 heavy (non-hydrogen) atoms. The maximum absolute atomic E-state index is 12.3. The highest BCUT2D eigenvalue weighted by molar-refractivity contribution is 5.96. The minimum atomic E-state index is -0.902. The molecule has 9 aromatic rings. The minimum Gasteiger partial charge on any atom is -0.493 e. The quantitative estimate of drug-likeness (QED) is 0.0228. The first-order valence-electron chi connectivity index (χ1n) is 38.5. The van der Waals surface area contributed by atoms with Crippen molar-refractivity contribution in [2.75, 3.05) is 6.61 Å². The summed E-state index contributed by atoms with van der Waals surface area (Å²) in [7, 11) is 0. The number of rotatable bonds is 33. The number of carbonyl (C=O) groups excluding carboxylic acids is 1. The monoisotopic (exact) mass is 1390 g/mol. The molecule has 1 aromatic heterocycles. The number of nitrogens with zero attached hydrogens (tertiary/aromatic N) is 2. The summed E-state index contributed by atoms with van der Waals surface area (Å²) in [5, 5.41) is 26.8. The van der Waals surface area contributed by atoms with Crippen molar-refractivity contribution in [2.24, 2.45) is 5.73 Å². The van der Waals surface area contributed by atoms with Gasteiger partial charge in [0.2, 0.25) is 0 Å². The second-order valence-corrected chi connectivity index (χ2v) is 27.5. The van der Waals surface area contributed by atoms with Crippen molar-refractivity contribution in [3.05, 3.63) is 251 Å². The Morgan fingerprint density at radius 3 is 1.06 bits per heavy atom. The Morgan fingerprint density at radius 1 is 0.398 bits per heavy atom. The van der Waals surface area contributed by atoms with Gasteiger partial charge in [-0.05, 0) is 205 Å². The van der Waals surface area contributed by atoms with Crippen LogP contribution in [0.1, 0.15) is 264 Å². The van der Waals surface area contributed by atoms with Gasteiger partial charge in [0, 0.05) is 24.0 Å². The smallest absolute Gasteiger partial charge is 0.335 e. The first-order chi connectivity index (χ1) is 50.1. The zero-order valence-corrected chi connectivity index (χ0v) is 62.7. The number of nitrogens with two attached hydrogens (primary N) is 1. The summed E-state index contributed by atoms with van der Waals surface area (Å²) in [6, 6.07) is 59.6. The van der Waals surface area contributed by atoms with Crippen LogP contribution in [0.2, 0.25) is 0 Å². The first-order valence-corrected chi connectivity index (χ1v) is 38.5. The predicted octanol–water partition coefficient (Wildman–Crippen LogP) is 24.6. The Balaban J connectivity index is 0.000000208. The van der Waals surface area contributed by atoms with E-state index in [1.807, 2.05) is 60.7 Å². The van der Waals surface area contributed by atoms with Gasteiger partial charge in [-0.2, -0.15) is 0 Å². The number of hydrogen-bond acceptors (Lipinski definition) is 7. The fourth-order valence-electron chi connectivity index (χ4n) is 12.6. The first kappa shape index (κ1) is 82.8. The highest BCUT2D eigenvalue weighted by Crippen LogP contribution is 2.32. The second-order valence-electron chi connectivity index (χ2n) is 27.5. The minimum absolute atomic E-state index is 0.0617. The summed E-state index contributed by atoms with van der Waals surface area (Å²) >= 11 is 0. The van der Waals surface area contributed by atoms with E-state index >= 15 is 0 Å². The molecular weight excluding hydrogens is 1280 g/mol. The Labute approximate surface area is 616 Å². The number of aromatic nitrogens is 2. The molecule has 11 heteroatoms. The van der Waals surface area contributed by atoms with E-state index in [1.54, 1.807) is 48.8 Å². The fourth-order valence-corrected chi connectivity index (χ4v) is 12.6. The van der Waals surface area contributed by atoms with Crippen LogP contribution in [0.5, 0.6) is 5.75 Å². The molecule has 11 nitrogen and oxygen atoms in total. The van der Waals surface area contributed by atoms with E-state index in [4.69, 9.17) is 25.8 Å². The Hall–Kier alpha value is -9.19. The molecule has 1 saturated carbocycles. The molecule has 8 aromatic carbocycles. The van der Waals surface area contributed by atoms with Crippen LogP contribution >= 0.6 is 0 Å². The van der Waals surface area contributed by atoms with Gasteiger partial charge in [-0.1, -0.05) is 277 Å². The second kappa shape index (κ2) is 47.9. The van der Waals surface area contributed by atoms with E-state index in [2.05, 4.69) is 131 Å². The van der Waals surface area contributed by atoms with Crippen LogP contribution < -0.4 is 10.5 Å². The Bertz CT molecular complexity index is 3710. The molecule has 1 fully saturated rings. The molecule has 1 heterocycles. The Morgan fingerprint density at radius 2 is 0.718 bits per heavy atom. The van der Waals surface area contributed by atoms with Gasteiger partial charge in [-0.25, -0.2) is 19.4 Å². The molecule has 0 saturated heterocycles. The van der Waals surface area contributed by atoms with Crippen LogP contribution in [0, 0.1) is 13.8 Å². The lowest BCUT2D eigenvalue weighted by atomic mass is 9.97. The summed E-state index contributed by atoms with van der Waals surface area (Å²) in [4.78, 5) is 48.9. The zero-order valence-electron chi connectivity index (χ0n) is 62.7. The number of unbranched alkanes of at least 4 members (excludes halogenated alkanes) is 16. The van der Waals surface area contributed by atoms with E-state index in [0.29, 0.717) is 28.3 Å². The number of carbonyl (C=O) groups is 4. The summed E-state index contributed by atoms with van der Waals surface area (Å²) < 4.78 is 7.42. The lowest BCUT2D eigenvalue weighted by Gasteiger charge is -2.14. The molecule has 548 valence electrons. The average Bonchev–Trinajstić information content (AvgIpc) is 1.09. The molecule has 0 spiro atoms. The van der Waals surface area contributed by atoms with Crippen molar-refractivity contribution in [3.8, 4) is 50.3 Å². The van der Waals surface area contributed by atoms with Crippen LogP contribution in [0.4, 0.5) is 0 Å². The lowest BCUT2D eigenvalue weighted by Crippen LogP contribution is -2.17. The maximum atomic E-state index is 12.3. The maximum Gasteiger partial charge on any atom is 0.335 e. The molecular formula is C92H117N3O8. The fraction of sp³-hybridized carbons (Fsp3) is 0.402. The molecule has 10 rings (SSSR count). The van der Waals surface area contributed by atoms with E-state index in [1.165, 1.54) is 194 Å². The Kier molecular flexibility index (Phi) is 38.5. The molecule has 5 N–H and O–H groups in total. The van der Waals surface area contributed by atoms with Gasteiger partial charge in [0.25, 0.3) is 5.91 Å². The van der Waals surface area contributed by atoms with E-state index in [-0.39, 0.29) is 5.91 Å². The summed E-state index contributed by atoms with van der Waals surface area (Å²) in [6.45, 7) is 13.8. The molecule has 0 unspecified atom stereocenters. The van der Waals surface area contributed by atoms with Gasteiger partial charge in [-0.3, -0.25) is 9.36 Å². The van der Waals surface area contributed by atoms with Crippen LogP contribution in [-0.2, 0) is 19.3 Å². The number of hydrogen-bond donors (Lipinski definition) is 4. The third kappa shape index (κ3) is 30.7.